The Morgan fingerprint density at radius 2 is 2.07 bits per heavy atom. The summed E-state index contributed by atoms with van der Waals surface area (Å²) in [5.41, 5.74) is 3.74. The van der Waals surface area contributed by atoms with E-state index in [1.54, 1.807) is 19.1 Å². The first-order valence-electron chi connectivity index (χ1n) is 8.30. The molecular formula is C16H19N7O4. The quantitative estimate of drug-likeness (QED) is 0.463. The maximum absolute atomic E-state index is 11.9. The molecule has 11 heteroatoms. The van der Waals surface area contributed by atoms with Crippen LogP contribution in [0.2, 0.25) is 0 Å². The van der Waals surface area contributed by atoms with E-state index in [-0.39, 0.29) is 11.4 Å². The number of benzene rings is 1. The van der Waals surface area contributed by atoms with Gasteiger partial charge in [0.05, 0.1) is 11.1 Å². The SMILES string of the molecule is Cc1nonc1C(=O)NN=Cc1ccc(N2CCN(C)CC2)c([N+](=O)[O-])c1. The molecule has 0 atom stereocenters. The predicted molar refractivity (Wildman–Crippen MR) is 96.9 cm³/mol. The summed E-state index contributed by atoms with van der Waals surface area (Å²) < 4.78 is 4.46. The minimum atomic E-state index is -0.575. The second kappa shape index (κ2) is 7.91. The molecule has 3 rings (SSSR count). The molecule has 0 saturated carbocycles. The molecule has 1 saturated heterocycles. The van der Waals surface area contributed by atoms with Gasteiger partial charge in [0.15, 0.2) is 5.69 Å². The molecule has 0 radical (unpaired) electrons. The Balaban J connectivity index is 1.73. The molecule has 2 heterocycles. The van der Waals surface area contributed by atoms with Crippen LogP contribution < -0.4 is 10.3 Å². The van der Waals surface area contributed by atoms with E-state index >= 15 is 0 Å². The van der Waals surface area contributed by atoms with Gasteiger partial charge in [-0.2, -0.15) is 5.10 Å². The fourth-order valence-electron chi connectivity index (χ4n) is 2.74. The van der Waals surface area contributed by atoms with Crippen LogP contribution in [-0.4, -0.2) is 65.5 Å². The van der Waals surface area contributed by atoms with Crippen molar-refractivity contribution in [3.8, 4) is 0 Å². The normalized spacial score (nSPS) is 15.3. The third-order valence-corrected chi connectivity index (χ3v) is 4.29. The zero-order chi connectivity index (χ0) is 19.4. The Bertz CT molecular complexity index is 871. The van der Waals surface area contributed by atoms with Gasteiger partial charge in [0, 0.05) is 37.8 Å². The van der Waals surface area contributed by atoms with Crippen molar-refractivity contribution in [2.24, 2.45) is 5.10 Å². The topological polar surface area (TPSA) is 130 Å². The summed E-state index contributed by atoms with van der Waals surface area (Å²) in [6.07, 6.45) is 1.33. The molecule has 1 aliphatic rings. The van der Waals surface area contributed by atoms with Crippen LogP contribution in [-0.2, 0) is 0 Å². The van der Waals surface area contributed by atoms with E-state index in [1.807, 2.05) is 11.9 Å². The average Bonchev–Trinajstić information content (AvgIpc) is 3.08. The summed E-state index contributed by atoms with van der Waals surface area (Å²) in [7, 11) is 2.02. The summed E-state index contributed by atoms with van der Waals surface area (Å²) in [6, 6.07) is 4.86. The van der Waals surface area contributed by atoms with Crippen molar-refractivity contribution in [2.45, 2.75) is 6.92 Å². The number of nitro groups is 1. The number of hydrogen-bond acceptors (Lipinski definition) is 9. The minimum absolute atomic E-state index is 0.00590. The molecule has 1 amide bonds. The van der Waals surface area contributed by atoms with Gasteiger partial charge in [-0.15, -0.1) is 0 Å². The first-order chi connectivity index (χ1) is 13.0. The Labute approximate surface area is 154 Å². The van der Waals surface area contributed by atoms with Crippen LogP contribution in [0.25, 0.3) is 0 Å². The van der Waals surface area contributed by atoms with E-state index in [0.717, 1.165) is 26.2 Å². The summed E-state index contributed by atoms with van der Waals surface area (Å²) in [6.45, 7) is 4.73. The number of hydrazone groups is 1. The standard InChI is InChI=1S/C16H19N7O4/c1-11-15(20-27-19-11)16(24)18-17-10-12-3-4-13(14(9-12)23(25)26)22-7-5-21(2)6-8-22/h3-4,9-10H,5-8H2,1-2H3,(H,18,24). The van der Waals surface area contributed by atoms with Crippen molar-refractivity contribution < 1.29 is 14.3 Å². The number of nitrogens with one attached hydrogen (secondary N) is 1. The number of rotatable bonds is 5. The molecule has 142 valence electrons. The fourth-order valence-corrected chi connectivity index (χ4v) is 2.74. The largest absolute Gasteiger partial charge is 0.363 e. The van der Waals surface area contributed by atoms with Gasteiger partial charge in [-0.3, -0.25) is 14.9 Å². The molecule has 1 N–H and O–H groups in total. The molecular weight excluding hydrogens is 354 g/mol. The molecule has 11 nitrogen and oxygen atoms in total. The smallest absolute Gasteiger partial charge is 0.295 e. The fraction of sp³-hybridized carbons (Fsp3) is 0.375. The summed E-state index contributed by atoms with van der Waals surface area (Å²) >= 11 is 0. The molecule has 0 spiro atoms. The van der Waals surface area contributed by atoms with Gasteiger partial charge in [0.2, 0.25) is 0 Å². The number of carbonyl (C=O) groups is 1. The van der Waals surface area contributed by atoms with Crippen LogP contribution in [0.4, 0.5) is 11.4 Å². The van der Waals surface area contributed by atoms with E-state index < -0.39 is 10.8 Å². The van der Waals surface area contributed by atoms with E-state index in [0.29, 0.717) is 16.9 Å². The third-order valence-electron chi connectivity index (χ3n) is 4.29. The van der Waals surface area contributed by atoms with Crippen LogP contribution >= 0.6 is 0 Å². The Morgan fingerprint density at radius 3 is 2.70 bits per heavy atom. The number of aryl methyl sites for hydroxylation is 1. The second-order valence-corrected chi connectivity index (χ2v) is 6.19. The highest BCUT2D eigenvalue weighted by molar-refractivity contribution is 5.94. The van der Waals surface area contributed by atoms with Gasteiger partial charge in [0.25, 0.3) is 11.6 Å². The Morgan fingerprint density at radius 1 is 1.33 bits per heavy atom. The van der Waals surface area contributed by atoms with E-state index in [4.69, 9.17) is 0 Å². The van der Waals surface area contributed by atoms with Crippen LogP contribution in [0.15, 0.2) is 27.9 Å². The van der Waals surface area contributed by atoms with Gasteiger partial charge < -0.3 is 9.80 Å². The monoisotopic (exact) mass is 373 g/mol. The number of carbonyl (C=O) groups excluding carboxylic acids is 1. The van der Waals surface area contributed by atoms with Gasteiger partial charge in [-0.25, -0.2) is 10.1 Å². The van der Waals surface area contributed by atoms with Gasteiger partial charge in [-0.05, 0) is 25.2 Å². The minimum Gasteiger partial charge on any atom is -0.363 e. The van der Waals surface area contributed by atoms with Gasteiger partial charge in [-0.1, -0.05) is 11.2 Å². The van der Waals surface area contributed by atoms with Crippen molar-refractivity contribution >= 4 is 23.5 Å². The average molecular weight is 373 g/mol. The van der Waals surface area contributed by atoms with Gasteiger partial charge in [0.1, 0.15) is 11.4 Å². The maximum Gasteiger partial charge on any atom is 0.295 e. The Kier molecular flexibility index (Phi) is 5.41. The zero-order valence-corrected chi connectivity index (χ0v) is 15.0. The first-order valence-corrected chi connectivity index (χ1v) is 8.30. The number of nitro benzene ring substituents is 1. The highest BCUT2D eigenvalue weighted by Gasteiger charge is 2.22. The number of piperazine rings is 1. The van der Waals surface area contributed by atoms with Crippen molar-refractivity contribution in [3.05, 3.63) is 45.3 Å². The molecule has 0 aliphatic carbocycles. The molecule has 0 unspecified atom stereocenters. The van der Waals surface area contributed by atoms with E-state index in [9.17, 15) is 14.9 Å². The molecule has 1 aliphatic heterocycles. The maximum atomic E-state index is 11.9. The van der Waals surface area contributed by atoms with Crippen LogP contribution in [0, 0.1) is 17.0 Å². The lowest BCUT2D eigenvalue weighted by Crippen LogP contribution is -2.44. The molecule has 1 fully saturated rings. The number of likely N-dealkylation sites (N-methyl/N-ethyl adjacent to an activating group) is 1. The third kappa shape index (κ3) is 4.26. The highest BCUT2D eigenvalue weighted by Crippen LogP contribution is 2.29. The lowest BCUT2D eigenvalue weighted by atomic mass is 10.1. The van der Waals surface area contributed by atoms with Crippen molar-refractivity contribution in [3.63, 3.8) is 0 Å². The molecule has 1 aromatic carbocycles. The van der Waals surface area contributed by atoms with Crippen LogP contribution in [0.3, 0.4) is 0 Å². The summed E-state index contributed by atoms with van der Waals surface area (Å²) in [5, 5.41) is 22.3. The highest BCUT2D eigenvalue weighted by atomic mass is 16.6. The van der Waals surface area contributed by atoms with E-state index in [2.05, 4.69) is 30.4 Å². The molecule has 0 bridgehead atoms. The van der Waals surface area contributed by atoms with Crippen molar-refractivity contribution in [2.75, 3.05) is 38.1 Å². The lowest BCUT2D eigenvalue weighted by Gasteiger charge is -2.33. The van der Waals surface area contributed by atoms with Gasteiger partial charge >= 0.3 is 0 Å². The summed E-state index contributed by atoms with van der Waals surface area (Å²) in [5.74, 6) is -0.575. The number of nitrogens with zero attached hydrogens (tertiary/aromatic N) is 6. The molecule has 1 aromatic heterocycles. The van der Waals surface area contributed by atoms with Crippen LogP contribution in [0.5, 0.6) is 0 Å². The number of anilines is 1. The molecule has 27 heavy (non-hydrogen) atoms. The Hall–Kier alpha value is -3.34. The van der Waals surface area contributed by atoms with Crippen LogP contribution in [0.1, 0.15) is 21.7 Å². The van der Waals surface area contributed by atoms with Crippen molar-refractivity contribution in [1.29, 1.82) is 0 Å². The first kappa shape index (κ1) is 18.5. The number of amides is 1. The second-order valence-electron chi connectivity index (χ2n) is 6.19. The number of aromatic nitrogens is 2. The zero-order valence-electron chi connectivity index (χ0n) is 15.0. The molecule has 2 aromatic rings. The van der Waals surface area contributed by atoms with Crippen molar-refractivity contribution in [1.82, 2.24) is 20.6 Å². The number of hydrogen-bond donors (Lipinski definition) is 1. The predicted octanol–water partition coefficient (Wildman–Crippen LogP) is 0.802. The van der Waals surface area contributed by atoms with E-state index in [1.165, 1.54) is 12.3 Å². The summed E-state index contributed by atoms with van der Waals surface area (Å²) in [4.78, 5) is 27.1. The lowest BCUT2D eigenvalue weighted by molar-refractivity contribution is -0.384.